The highest BCUT2D eigenvalue weighted by molar-refractivity contribution is 5.83. The zero-order chi connectivity index (χ0) is 15.2. The van der Waals surface area contributed by atoms with Crippen LogP contribution in [-0.4, -0.2) is 52.7 Å². The number of ether oxygens (including phenoxy) is 1. The van der Waals surface area contributed by atoms with E-state index in [4.69, 9.17) is 9.84 Å². The first kappa shape index (κ1) is 15.4. The van der Waals surface area contributed by atoms with E-state index < -0.39 is 5.97 Å². The maximum absolute atomic E-state index is 12.5. The molecule has 1 aromatic heterocycles. The second-order valence-electron chi connectivity index (χ2n) is 5.24. The van der Waals surface area contributed by atoms with Crippen LogP contribution in [0.2, 0.25) is 0 Å². The Morgan fingerprint density at radius 1 is 1.43 bits per heavy atom. The highest BCUT2D eigenvalue weighted by Gasteiger charge is 2.27. The van der Waals surface area contributed by atoms with E-state index in [1.54, 1.807) is 12.4 Å². The molecule has 2 heterocycles. The summed E-state index contributed by atoms with van der Waals surface area (Å²) in [6.45, 7) is 2.79. The Bertz CT molecular complexity index is 512. The molecule has 0 radical (unpaired) electrons. The summed E-state index contributed by atoms with van der Waals surface area (Å²) in [4.78, 5) is 29.0. The van der Waals surface area contributed by atoms with Crippen LogP contribution < -0.4 is 0 Å². The fourth-order valence-corrected chi connectivity index (χ4v) is 2.51. The van der Waals surface area contributed by atoms with Crippen molar-refractivity contribution >= 4 is 11.9 Å². The van der Waals surface area contributed by atoms with Crippen LogP contribution in [0.3, 0.4) is 0 Å². The average Bonchev–Trinajstić information content (AvgIpc) is 2.48. The quantitative estimate of drug-likeness (QED) is 0.876. The van der Waals surface area contributed by atoms with Crippen molar-refractivity contribution < 1.29 is 19.4 Å². The summed E-state index contributed by atoms with van der Waals surface area (Å²) in [6, 6.07) is 1.79. The van der Waals surface area contributed by atoms with Crippen molar-refractivity contribution in [2.24, 2.45) is 0 Å². The van der Waals surface area contributed by atoms with Crippen LogP contribution >= 0.6 is 0 Å². The number of amides is 1. The first-order valence-corrected chi connectivity index (χ1v) is 7.06. The highest BCUT2D eigenvalue weighted by Crippen LogP contribution is 2.17. The molecule has 1 aromatic rings. The first-order valence-electron chi connectivity index (χ1n) is 7.06. The van der Waals surface area contributed by atoms with Gasteiger partial charge < -0.3 is 14.7 Å². The predicted molar refractivity (Wildman–Crippen MR) is 75.9 cm³/mol. The van der Waals surface area contributed by atoms with Crippen LogP contribution in [0.4, 0.5) is 0 Å². The maximum atomic E-state index is 12.5. The van der Waals surface area contributed by atoms with Crippen LogP contribution in [0, 0.1) is 6.92 Å². The Hall–Kier alpha value is -1.95. The molecule has 1 aliphatic rings. The van der Waals surface area contributed by atoms with Crippen molar-refractivity contribution in [3.05, 3.63) is 29.6 Å². The number of nitrogens with zero attached hydrogens (tertiary/aromatic N) is 2. The van der Waals surface area contributed by atoms with Crippen LogP contribution in [0.5, 0.6) is 0 Å². The number of aliphatic carboxylic acids is 1. The third-order valence-corrected chi connectivity index (χ3v) is 3.75. The summed E-state index contributed by atoms with van der Waals surface area (Å²) in [5.74, 6) is -1.15. The second kappa shape index (κ2) is 7.17. The molecule has 2 rings (SSSR count). The number of hydrogen-bond donors (Lipinski definition) is 1. The number of carboxylic acid groups (broad SMARTS) is 1. The highest BCUT2D eigenvalue weighted by atomic mass is 16.5. The normalized spacial score (nSPS) is 15.7. The third-order valence-electron chi connectivity index (χ3n) is 3.75. The number of carbonyl (C=O) groups excluding carboxylic acids is 1. The van der Waals surface area contributed by atoms with Crippen molar-refractivity contribution in [3.63, 3.8) is 0 Å². The van der Waals surface area contributed by atoms with Gasteiger partial charge in [0.1, 0.15) is 6.54 Å². The second-order valence-corrected chi connectivity index (χ2v) is 5.24. The van der Waals surface area contributed by atoms with Crippen LogP contribution in [-0.2, 0) is 20.7 Å². The van der Waals surface area contributed by atoms with Crippen LogP contribution in [0.1, 0.15) is 24.0 Å². The van der Waals surface area contributed by atoms with Crippen LogP contribution in [0.25, 0.3) is 0 Å². The molecule has 0 spiro atoms. The van der Waals surface area contributed by atoms with Gasteiger partial charge in [-0.1, -0.05) is 0 Å². The minimum Gasteiger partial charge on any atom is -0.480 e. The van der Waals surface area contributed by atoms with Gasteiger partial charge in [0.15, 0.2) is 0 Å². The maximum Gasteiger partial charge on any atom is 0.323 e. The van der Waals surface area contributed by atoms with Crippen molar-refractivity contribution in [1.82, 2.24) is 9.88 Å². The van der Waals surface area contributed by atoms with E-state index in [1.165, 1.54) is 4.90 Å². The topological polar surface area (TPSA) is 79.7 Å². The molecule has 0 atom stereocenters. The van der Waals surface area contributed by atoms with Gasteiger partial charge in [-0.3, -0.25) is 14.6 Å². The Morgan fingerprint density at radius 3 is 2.76 bits per heavy atom. The zero-order valence-electron chi connectivity index (χ0n) is 12.1. The largest absolute Gasteiger partial charge is 0.480 e. The van der Waals surface area contributed by atoms with Gasteiger partial charge in [-0.15, -0.1) is 0 Å². The summed E-state index contributed by atoms with van der Waals surface area (Å²) >= 11 is 0. The minimum atomic E-state index is -0.988. The van der Waals surface area contributed by atoms with Crippen molar-refractivity contribution in [2.75, 3.05) is 19.8 Å². The molecule has 0 unspecified atom stereocenters. The van der Waals surface area contributed by atoms with Crippen LogP contribution in [0.15, 0.2) is 18.5 Å². The summed E-state index contributed by atoms with van der Waals surface area (Å²) < 4.78 is 5.28. The van der Waals surface area contributed by atoms with Gasteiger partial charge in [0.25, 0.3) is 0 Å². The molecule has 1 saturated heterocycles. The molecular weight excluding hydrogens is 272 g/mol. The Labute approximate surface area is 123 Å². The van der Waals surface area contributed by atoms with Crippen molar-refractivity contribution in [1.29, 1.82) is 0 Å². The van der Waals surface area contributed by atoms with E-state index in [9.17, 15) is 9.59 Å². The molecule has 1 N–H and O–H groups in total. The van der Waals surface area contributed by atoms with Gasteiger partial charge >= 0.3 is 5.97 Å². The predicted octanol–water partition coefficient (Wildman–Crippen LogP) is 1.02. The summed E-state index contributed by atoms with van der Waals surface area (Å²) in [5, 5.41) is 9.05. The fraction of sp³-hybridized carbons (Fsp3) is 0.533. The first-order chi connectivity index (χ1) is 10.1. The standard InChI is InChI=1S/C15H20N2O4/c1-11-2-5-16-9-12(11)8-14(18)17(10-15(19)20)13-3-6-21-7-4-13/h2,5,9,13H,3-4,6-8,10H2,1H3,(H,19,20). The third kappa shape index (κ3) is 4.26. The Kier molecular flexibility index (Phi) is 5.27. The number of rotatable bonds is 5. The van der Waals surface area contributed by atoms with E-state index >= 15 is 0 Å². The van der Waals surface area contributed by atoms with Gasteiger partial charge in [-0.25, -0.2) is 0 Å². The molecule has 0 aliphatic carbocycles. The number of pyridine rings is 1. The average molecular weight is 292 g/mol. The Balaban J connectivity index is 2.10. The monoisotopic (exact) mass is 292 g/mol. The lowest BCUT2D eigenvalue weighted by Crippen LogP contribution is -2.46. The van der Waals surface area contributed by atoms with Crippen molar-refractivity contribution in [2.45, 2.75) is 32.2 Å². The summed E-state index contributed by atoms with van der Waals surface area (Å²) in [7, 11) is 0. The van der Waals surface area contributed by atoms with E-state index in [2.05, 4.69) is 4.98 Å². The molecule has 0 bridgehead atoms. The van der Waals surface area contributed by atoms with E-state index in [-0.39, 0.29) is 24.9 Å². The Morgan fingerprint density at radius 2 is 2.14 bits per heavy atom. The number of aromatic nitrogens is 1. The number of hydrogen-bond acceptors (Lipinski definition) is 4. The summed E-state index contributed by atoms with van der Waals surface area (Å²) in [6.07, 6.45) is 4.90. The molecule has 0 aromatic carbocycles. The molecule has 6 heteroatoms. The van der Waals surface area contributed by atoms with Gasteiger partial charge in [-0.05, 0) is 37.0 Å². The lowest BCUT2D eigenvalue weighted by Gasteiger charge is -2.33. The summed E-state index contributed by atoms with van der Waals surface area (Å²) in [5.41, 5.74) is 1.82. The molecule has 114 valence electrons. The zero-order valence-corrected chi connectivity index (χ0v) is 12.1. The molecular formula is C15H20N2O4. The van der Waals surface area contributed by atoms with E-state index in [1.807, 2.05) is 13.0 Å². The number of carbonyl (C=O) groups is 2. The molecule has 1 fully saturated rings. The molecule has 0 saturated carbocycles. The lowest BCUT2D eigenvalue weighted by molar-refractivity contribution is -0.147. The van der Waals surface area contributed by atoms with E-state index in [0.29, 0.717) is 26.1 Å². The van der Waals surface area contributed by atoms with Gasteiger partial charge in [-0.2, -0.15) is 0 Å². The van der Waals surface area contributed by atoms with E-state index in [0.717, 1.165) is 11.1 Å². The van der Waals surface area contributed by atoms with Gasteiger partial charge in [0.05, 0.1) is 6.42 Å². The number of aryl methyl sites for hydroxylation is 1. The fourth-order valence-electron chi connectivity index (χ4n) is 2.51. The molecule has 21 heavy (non-hydrogen) atoms. The smallest absolute Gasteiger partial charge is 0.323 e. The number of carboxylic acids is 1. The SMILES string of the molecule is Cc1ccncc1CC(=O)N(CC(=O)O)C1CCOCC1. The van der Waals surface area contributed by atoms with Crippen molar-refractivity contribution in [3.8, 4) is 0 Å². The molecule has 1 amide bonds. The minimum absolute atomic E-state index is 0.0562. The molecule has 6 nitrogen and oxygen atoms in total. The lowest BCUT2D eigenvalue weighted by atomic mass is 10.0. The van der Waals surface area contributed by atoms with Gasteiger partial charge in [0, 0.05) is 31.6 Å². The van der Waals surface area contributed by atoms with Gasteiger partial charge in [0.2, 0.25) is 5.91 Å². The molecule has 1 aliphatic heterocycles.